The quantitative estimate of drug-likeness (QED) is 0.714. The average Bonchev–Trinajstić information content (AvgIpc) is 3.14. The molecular formula is C20H22ClN3O3S. The fraction of sp³-hybridized carbons (Fsp3) is 0.400. The Balaban J connectivity index is 1.53. The Morgan fingerprint density at radius 3 is 2.57 bits per heavy atom. The van der Waals surface area contributed by atoms with Crippen molar-refractivity contribution in [2.24, 2.45) is 0 Å². The van der Waals surface area contributed by atoms with Crippen molar-refractivity contribution in [1.29, 1.82) is 0 Å². The molecule has 28 heavy (non-hydrogen) atoms. The number of pyridine rings is 1. The van der Waals surface area contributed by atoms with Crippen LogP contribution >= 0.6 is 11.6 Å². The lowest BCUT2D eigenvalue weighted by molar-refractivity contribution is -0.117. The van der Waals surface area contributed by atoms with Gasteiger partial charge in [0, 0.05) is 31.5 Å². The second kappa shape index (κ2) is 7.81. The van der Waals surface area contributed by atoms with E-state index >= 15 is 0 Å². The summed E-state index contributed by atoms with van der Waals surface area (Å²) < 4.78 is 27.4. The van der Waals surface area contributed by atoms with E-state index in [0.29, 0.717) is 36.1 Å². The maximum absolute atomic E-state index is 12.9. The van der Waals surface area contributed by atoms with Gasteiger partial charge in [-0.25, -0.2) is 13.4 Å². The molecule has 0 N–H and O–H groups in total. The van der Waals surface area contributed by atoms with Crippen molar-refractivity contribution in [3.05, 3.63) is 52.8 Å². The molecule has 1 aromatic heterocycles. The topological polar surface area (TPSA) is 70.6 Å². The molecule has 0 saturated carbocycles. The molecule has 0 atom stereocenters. The van der Waals surface area contributed by atoms with Gasteiger partial charge in [0.2, 0.25) is 15.9 Å². The van der Waals surface area contributed by atoms with Gasteiger partial charge >= 0.3 is 0 Å². The second-order valence-electron chi connectivity index (χ2n) is 7.22. The highest BCUT2D eigenvalue weighted by Crippen LogP contribution is 2.32. The molecule has 0 spiro atoms. The van der Waals surface area contributed by atoms with E-state index in [9.17, 15) is 13.2 Å². The fourth-order valence-electron chi connectivity index (χ4n) is 3.83. The van der Waals surface area contributed by atoms with E-state index in [4.69, 9.17) is 11.6 Å². The molecule has 1 aromatic carbocycles. The summed E-state index contributed by atoms with van der Waals surface area (Å²) >= 11 is 5.79. The van der Waals surface area contributed by atoms with E-state index in [1.165, 1.54) is 0 Å². The third-order valence-electron chi connectivity index (χ3n) is 5.34. The van der Waals surface area contributed by atoms with Crippen molar-refractivity contribution < 1.29 is 13.2 Å². The summed E-state index contributed by atoms with van der Waals surface area (Å²) in [7, 11) is -3.46. The highest BCUT2D eigenvalue weighted by atomic mass is 35.5. The molecule has 0 aliphatic carbocycles. The SMILES string of the molecule is O=C(Cc1ccc(Cl)nc1)N1CCc2cc(S(=O)(=O)N3CCCCC3)ccc21. The lowest BCUT2D eigenvalue weighted by Gasteiger charge is -2.26. The Bertz CT molecular complexity index is 986. The molecule has 2 aromatic rings. The zero-order valence-electron chi connectivity index (χ0n) is 15.5. The predicted octanol–water partition coefficient (Wildman–Crippen LogP) is 3.04. The number of amides is 1. The number of rotatable bonds is 4. The molecule has 0 unspecified atom stereocenters. The zero-order chi connectivity index (χ0) is 19.7. The number of carbonyl (C=O) groups excluding carboxylic acids is 1. The van der Waals surface area contributed by atoms with Crippen LogP contribution in [-0.2, 0) is 27.7 Å². The molecule has 4 rings (SSSR count). The minimum atomic E-state index is -3.46. The van der Waals surface area contributed by atoms with Crippen LogP contribution < -0.4 is 4.90 Å². The minimum Gasteiger partial charge on any atom is -0.312 e. The number of carbonyl (C=O) groups is 1. The minimum absolute atomic E-state index is 0.0329. The van der Waals surface area contributed by atoms with Gasteiger partial charge in [-0.05, 0) is 54.7 Å². The van der Waals surface area contributed by atoms with Gasteiger partial charge in [-0.1, -0.05) is 24.1 Å². The number of hydrogen-bond acceptors (Lipinski definition) is 4. The monoisotopic (exact) mass is 419 g/mol. The van der Waals surface area contributed by atoms with Crippen LogP contribution in [0.3, 0.4) is 0 Å². The Morgan fingerprint density at radius 2 is 1.86 bits per heavy atom. The normalized spacial score (nSPS) is 17.5. The van der Waals surface area contributed by atoms with Crippen molar-refractivity contribution in [3.63, 3.8) is 0 Å². The van der Waals surface area contributed by atoms with Crippen LogP contribution in [0.25, 0.3) is 0 Å². The van der Waals surface area contributed by atoms with Crippen LogP contribution in [0.5, 0.6) is 0 Å². The standard InChI is InChI=1S/C20H22ClN3O3S/c21-19-7-4-15(14-22-19)12-20(25)24-11-8-16-13-17(5-6-18(16)24)28(26,27)23-9-2-1-3-10-23/h4-7,13-14H,1-3,8-12H2. The Kier molecular flexibility index (Phi) is 5.40. The number of anilines is 1. The smallest absolute Gasteiger partial charge is 0.243 e. The van der Waals surface area contributed by atoms with Gasteiger partial charge in [-0.2, -0.15) is 4.31 Å². The molecular weight excluding hydrogens is 398 g/mol. The summed E-state index contributed by atoms with van der Waals surface area (Å²) in [5.41, 5.74) is 2.50. The summed E-state index contributed by atoms with van der Waals surface area (Å²) in [6, 6.07) is 8.57. The van der Waals surface area contributed by atoms with Crippen molar-refractivity contribution in [1.82, 2.24) is 9.29 Å². The molecule has 8 heteroatoms. The first kappa shape index (κ1) is 19.4. The van der Waals surface area contributed by atoms with Gasteiger partial charge in [0.25, 0.3) is 0 Å². The first-order valence-corrected chi connectivity index (χ1v) is 11.3. The molecule has 1 fully saturated rings. The number of piperidine rings is 1. The lowest BCUT2D eigenvalue weighted by Crippen LogP contribution is -2.35. The van der Waals surface area contributed by atoms with Gasteiger partial charge in [-0.3, -0.25) is 4.79 Å². The Hall–Kier alpha value is -1.96. The molecule has 0 radical (unpaired) electrons. The van der Waals surface area contributed by atoms with E-state index < -0.39 is 10.0 Å². The number of nitrogens with zero attached hydrogens (tertiary/aromatic N) is 3. The second-order valence-corrected chi connectivity index (χ2v) is 9.54. The third-order valence-corrected chi connectivity index (χ3v) is 7.46. The number of aromatic nitrogens is 1. The summed E-state index contributed by atoms with van der Waals surface area (Å²) in [5.74, 6) is -0.0329. The van der Waals surface area contributed by atoms with Crippen LogP contribution in [0.15, 0.2) is 41.4 Å². The van der Waals surface area contributed by atoms with Gasteiger partial charge in [0.15, 0.2) is 0 Å². The van der Waals surface area contributed by atoms with E-state index in [0.717, 1.165) is 36.1 Å². The first-order chi connectivity index (χ1) is 13.4. The summed E-state index contributed by atoms with van der Waals surface area (Å²) in [4.78, 5) is 18.8. The zero-order valence-corrected chi connectivity index (χ0v) is 17.0. The number of fused-ring (bicyclic) bond motifs is 1. The lowest BCUT2D eigenvalue weighted by atomic mass is 10.1. The van der Waals surface area contributed by atoms with E-state index in [-0.39, 0.29) is 12.3 Å². The predicted molar refractivity (Wildman–Crippen MR) is 108 cm³/mol. The summed E-state index contributed by atoms with van der Waals surface area (Å²) in [6.07, 6.45) is 5.39. The number of sulfonamides is 1. The van der Waals surface area contributed by atoms with Crippen molar-refractivity contribution in [2.75, 3.05) is 24.5 Å². The van der Waals surface area contributed by atoms with Gasteiger partial charge in [0.1, 0.15) is 5.15 Å². The maximum Gasteiger partial charge on any atom is 0.243 e. The molecule has 6 nitrogen and oxygen atoms in total. The Labute approximate surface area is 170 Å². The van der Waals surface area contributed by atoms with Crippen LogP contribution in [0.1, 0.15) is 30.4 Å². The van der Waals surface area contributed by atoms with Crippen molar-refractivity contribution in [3.8, 4) is 0 Å². The number of benzene rings is 1. The van der Waals surface area contributed by atoms with Gasteiger partial charge < -0.3 is 4.90 Å². The largest absolute Gasteiger partial charge is 0.312 e. The number of halogens is 1. The van der Waals surface area contributed by atoms with Gasteiger partial charge in [0.05, 0.1) is 11.3 Å². The molecule has 3 heterocycles. The van der Waals surface area contributed by atoms with Crippen LogP contribution in [0.4, 0.5) is 5.69 Å². The van der Waals surface area contributed by atoms with Crippen molar-refractivity contribution in [2.45, 2.75) is 37.0 Å². The van der Waals surface area contributed by atoms with Crippen molar-refractivity contribution >= 4 is 33.2 Å². The van der Waals surface area contributed by atoms with Crippen LogP contribution in [-0.4, -0.2) is 43.2 Å². The molecule has 2 aliphatic heterocycles. The number of hydrogen-bond donors (Lipinski definition) is 0. The van der Waals surface area contributed by atoms with E-state index in [1.807, 2.05) is 0 Å². The molecule has 2 aliphatic rings. The average molecular weight is 420 g/mol. The van der Waals surface area contributed by atoms with Crippen LogP contribution in [0, 0.1) is 0 Å². The molecule has 148 valence electrons. The highest BCUT2D eigenvalue weighted by Gasteiger charge is 2.30. The van der Waals surface area contributed by atoms with E-state index in [2.05, 4.69) is 4.98 Å². The van der Waals surface area contributed by atoms with Crippen LogP contribution in [0.2, 0.25) is 5.15 Å². The molecule has 0 bridgehead atoms. The highest BCUT2D eigenvalue weighted by molar-refractivity contribution is 7.89. The summed E-state index contributed by atoms with van der Waals surface area (Å²) in [5, 5.41) is 0.394. The van der Waals surface area contributed by atoms with Gasteiger partial charge in [-0.15, -0.1) is 0 Å². The first-order valence-electron chi connectivity index (χ1n) is 9.49. The van der Waals surface area contributed by atoms with E-state index in [1.54, 1.807) is 45.7 Å². The molecule has 1 amide bonds. The Morgan fingerprint density at radius 1 is 1.07 bits per heavy atom. The molecule has 1 saturated heterocycles. The maximum atomic E-state index is 12.9. The fourth-order valence-corrected chi connectivity index (χ4v) is 5.51. The third kappa shape index (κ3) is 3.79. The summed E-state index contributed by atoms with van der Waals surface area (Å²) in [6.45, 7) is 1.72.